The summed E-state index contributed by atoms with van der Waals surface area (Å²) in [6.07, 6.45) is 8.83. The summed E-state index contributed by atoms with van der Waals surface area (Å²) in [4.78, 5) is 26.9. The van der Waals surface area contributed by atoms with Gasteiger partial charge in [-0.2, -0.15) is 0 Å². The van der Waals surface area contributed by atoms with Gasteiger partial charge in [-0.15, -0.1) is 0 Å². The fourth-order valence-corrected chi connectivity index (χ4v) is 6.11. The van der Waals surface area contributed by atoms with Gasteiger partial charge in [0.25, 0.3) is 0 Å². The highest BCUT2D eigenvalue weighted by atomic mass is 16.5. The summed E-state index contributed by atoms with van der Waals surface area (Å²) >= 11 is 0. The number of piperazine rings is 1. The Labute approximate surface area is 194 Å². The molecule has 1 atom stereocenters. The van der Waals surface area contributed by atoms with Crippen molar-refractivity contribution in [1.29, 1.82) is 0 Å². The molecule has 1 amide bonds. The number of carbonyl (C=O) groups excluding carboxylic acids is 1. The molecule has 1 unspecified atom stereocenters. The molecule has 3 aliphatic heterocycles. The third kappa shape index (κ3) is 5.39. The average molecular weight is 449 g/mol. The molecule has 1 saturated carbocycles. The largest absolute Gasteiger partial charge is 0.379 e. The lowest BCUT2D eigenvalue weighted by Crippen LogP contribution is -2.62. The summed E-state index contributed by atoms with van der Waals surface area (Å²) in [6.45, 7) is 12.4. The molecule has 4 aliphatic rings. The van der Waals surface area contributed by atoms with Gasteiger partial charge in [-0.05, 0) is 32.6 Å². The van der Waals surface area contributed by atoms with Crippen molar-refractivity contribution in [2.24, 2.45) is 4.99 Å². The number of rotatable bonds is 5. The molecule has 0 aromatic heterocycles. The zero-order valence-electron chi connectivity index (χ0n) is 20.4. The minimum Gasteiger partial charge on any atom is -0.379 e. The number of aliphatic imine (C=N–C) groups is 1. The van der Waals surface area contributed by atoms with E-state index in [1.54, 1.807) is 0 Å². The van der Waals surface area contributed by atoms with E-state index in [0.717, 1.165) is 90.9 Å². The molecular weight excluding hydrogens is 404 g/mol. The van der Waals surface area contributed by atoms with E-state index in [9.17, 15) is 4.79 Å². The van der Waals surface area contributed by atoms with E-state index in [-0.39, 0.29) is 11.6 Å². The van der Waals surface area contributed by atoms with Gasteiger partial charge in [0.1, 0.15) is 0 Å². The summed E-state index contributed by atoms with van der Waals surface area (Å²) in [5.41, 5.74) is 0.233. The van der Waals surface area contributed by atoms with Crippen LogP contribution in [0.15, 0.2) is 4.99 Å². The normalized spacial score (nSPS) is 26.9. The lowest BCUT2D eigenvalue weighted by molar-refractivity contribution is -0.135. The van der Waals surface area contributed by atoms with E-state index in [1.807, 2.05) is 11.9 Å². The number of likely N-dealkylation sites (tertiary alicyclic amines) is 1. The van der Waals surface area contributed by atoms with Gasteiger partial charge in [-0.25, -0.2) is 0 Å². The maximum Gasteiger partial charge on any atom is 0.239 e. The monoisotopic (exact) mass is 448 g/mol. The highest BCUT2D eigenvalue weighted by Crippen LogP contribution is 2.34. The lowest BCUT2D eigenvalue weighted by atomic mass is 9.79. The molecule has 1 N–H and O–H groups in total. The van der Waals surface area contributed by atoms with Crippen LogP contribution in [-0.4, -0.2) is 122 Å². The second kappa shape index (κ2) is 11.2. The van der Waals surface area contributed by atoms with Gasteiger partial charge in [0, 0.05) is 71.5 Å². The summed E-state index contributed by atoms with van der Waals surface area (Å²) in [5.74, 6) is 1.32. The average Bonchev–Trinajstić information content (AvgIpc) is 3.40. The quantitative estimate of drug-likeness (QED) is 0.504. The zero-order valence-corrected chi connectivity index (χ0v) is 20.4. The molecule has 0 bridgehead atoms. The molecule has 4 rings (SSSR count). The topological polar surface area (TPSA) is 63.7 Å². The number of ether oxygens (including phenoxy) is 1. The van der Waals surface area contributed by atoms with E-state index < -0.39 is 0 Å². The van der Waals surface area contributed by atoms with Crippen LogP contribution in [0.4, 0.5) is 0 Å². The van der Waals surface area contributed by atoms with Crippen molar-refractivity contribution < 1.29 is 9.53 Å². The minimum absolute atomic E-state index is 0.0166. The molecule has 1 aliphatic carbocycles. The van der Waals surface area contributed by atoms with E-state index in [4.69, 9.17) is 4.74 Å². The van der Waals surface area contributed by atoms with Crippen LogP contribution >= 0.6 is 0 Å². The molecule has 3 saturated heterocycles. The van der Waals surface area contributed by atoms with E-state index >= 15 is 0 Å². The van der Waals surface area contributed by atoms with Crippen LogP contribution in [0.25, 0.3) is 0 Å². The number of guanidine groups is 1. The predicted octanol–water partition coefficient (Wildman–Crippen LogP) is 1.23. The first-order valence-electron chi connectivity index (χ1n) is 12.9. The second-order valence-corrected chi connectivity index (χ2v) is 10.0. The molecule has 8 heteroatoms. The number of amides is 1. The molecule has 4 fully saturated rings. The standard InChI is InChI=1S/C24H44N6O2/c1-21(22(31)28-10-6-7-11-28)27-12-14-29(15-13-27)23(25-2)26-20-24(8-4-3-5-9-24)30-16-18-32-19-17-30/h21H,3-20H2,1-2H3,(H,25,26). The Kier molecular flexibility index (Phi) is 8.29. The fourth-order valence-electron chi connectivity index (χ4n) is 6.11. The van der Waals surface area contributed by atoms with Crippen molar-refractivity contribution in [3.8, 4) is 0 Å². The van der Waals surface area contributed by atoms with Crippen molar-refractivity contribution in [2.75, 3.05) is 79.2 Å². The van der Waals surface area contributed by atoms with Crippen LogP contribution in [0.5, 0.6) is 0 Å². The Balaban J connectivity index is 1.30. The number of nitrogens with zero attached hydrogens (tertiary/aromatic N) is 5. The van der Waals surface area contributed by atoms with E-state index in [2.05, 4.69) is 31.9 Å². The zero-order chi connectivity index (χ0) is 22.4. The number of hydrogen-bond donors (Lipinski definition) is 1. The van der Waals surface area contributed by atoms with Gasteiger partial charge in [0.15, 0.2) is 5.96 Å². The van der Waals surface area contributed by atoms with Crippen LogP contribution in [0.3, 0.4) is 0 Å². The van der Waals surface area contributed by atoms with Gasteiger partial charge in [0.05, 0.1) is 19.3 Å². The van der Waals surface area contributed by atoms with E-state index in [1.165, 1.54) is 32.1 Å². The van der Waals surface area contributed by atoms with Crippen molar-refractivity contribution >= 4 is 11.9 Å². The van der Waals surface area contributed by atoms with Gasteiger partial charge in [0.2, 0.25) is 5.91 Å². The molecule has 32 heavy (non-hydrogen) atoms. The SMILES string of the molecule is CN=C(NCC1(N2CCOCC2)CCCCC1)N1CCN(C(C)C(=O)N2CCCC2)CC1. The highest BCUT2D eigenvalue weighted by Gasteiger charge is 2.39. The lowest BCUT2D eigenvalue weighted by Gasteiger charge is -2.49. The first-order valence-corrected chi connectivity index (χ1v) is 12.9. The third-order valence-electron chi connectivity index (χ3n) is 8.19. The fraction of sp³-hybridized carbons (Fsp3) is 0.917. The van der Waals surface area contributed by atoms with Crippen LogP contribution in [0, 0.1) is 0 Å². The Bertz CT molecular complexity index is 630. The Morgan fingerprint density at radius 3 is 2.19 bits per heavy atom. The first kappa shape index (κ1) is 23.8. The van der Waals surface area contributed by atoms with Crippen molar-refractivity contribution in [3.63, 3.8) is 0 Å². The maximum atomic E-state index is 12.8. The predicted molar refractivity (Wildman–Crippen MR) is 128 cm³/mol. The van der Waals surface area contributed by atoms with Crippen LogP contribution in [0.1, 0.15) is 51.9 Å². The molecule has 182 valence electrons. The van der Waals surface area contributed by atoms with Crippen LogP contribution < -0.4 is 5.32 Å². The second-order valence-electron chi connectivity index (χ2n) is 10.0. The molecule has 0 aromatic rings. The Morgan fingerprint density at radius 1 is 0.906 bits per heavy atom. The number of nitrogens with one attached hydrogen (secondary N) is 1. The molecule has 0 radical (unpaired) electrons. The molecule has 3 heterocycles. The molecular formula is C24H44N6O2. The Hall–Kier alpha value is -1.38. The Morgan fingerprint density at radius 2 is 1.56 bits per heavy atom. The molecule has 0 spiro atoms. The van der Waals surface area contributed by atoms with Crippen LogP contribution in [-0.2, 0) is 9.53 Å². The van der Waals surface area contributed by atoms with Crippen LogP contribution in [0.2, 0.25) is 0 Å². The van der Waals surface area contributed by atoms with Gasteiger partial charge in [-0.3, -0.25) is 19.6 Å². The van der Waals surface area contributed by atoms with Crippen molar-refractivity contribution in [1.82, 2.24) is 24.9 Å². The summed E-state index contributed by atoms with van der Waals surface area (Å²) in [6, 6.07) is -0.0166. The molecule has 8 nitrogen and oxygen atoms in total. The summed E-state index contributed by atoms with van der Waals surface area (Å²) in [5, 5.41) is 3.76. The maximum absolute atomic E-state index is 12.8. The first-order chi connectivity index (χ1) is 15.6. The van der Waals surface area contributed by atoms with Crippen molar-refractivity contribution in [2.45, 2.75) is 63.5 Å². The van der Waals surface area contributed by atoms with E-state index in [0.29, 0.717) is 5.91 Å². The molecule has 0 aromatic carbocycles. The number of hydrogen-bond acceptors (Lipinski definition) is 5. The van der Waals surface area contributed by atoms with Gasteiger partial charge < -0.3 is 19.9 Å². The summed E-state index contributed by atoms with van der Waals surface area (Å²) < 4.78 is 5.63. The van der Waals surface area contributed by atoms with Gasteiger partial charge >= 0.3 is 0 Å². The van der Waals surface area contributed by atoms with Gasteiger partial charge in [-0.1, -0.05) is 19.3 Å². The number of morpholine rings is 1. The summed E-state index contributed by atoms with van der Waals surface area (Å²) in [7, 11) is 1.90. The van der Waals surface area contributed by atoms with Crippen molar-refractivity contribution in [3.05, 3.63) is 0 Å². The number of carbonyl (C=O) groups is 1. The highest BCUT2D eigenvalue weighted by molar-refractivity contribution is 5.82. The minimum atomic E-state index is -0.0166. The third-order valence-corrected chi connectivity index (χ3v) is 8.19. The smallest absolute Gasteiger partial charge is 0.239 e.